The van der Waals surface area contributed by atoms with Crippen molar-refractivity contribution in [1.82, 2.24) is 14.7 Å². The van der Waals surface area contributed by atoms with Crippen LogP contribution in [0, 0.1) is 6.92 Å². The minimum Gasteiger partial charge on any atom is -0.297 e. The van der Waals surface area contributed by atoms with Crippen molar-refractivity contribution in [3.63, 3.8) is 0 Å². The Hall–Kier alpha value is -0.000000000000000111. The van der Waals surface area contributed by atoms with Gasteiger partial charge in [0.25, 0.3) is 0 Å². The molecule has 1 aliphatic rings. The first-order valence-corrected chi connectivity index (χ1v) is 7.61. The zero-order valence-corrected chi connectivity index (χ0v) is 12.3. The molecule has 0 bridgehead atoms. The maximum atomic E-state index is 4.44. The molecule has 0 unspecified atom stereocenters. The minimum atomic E-state index is 1.01. The molecular weight excluding hydrogens is 286 g/mol. The lowest BCUT2D eigenvalue weighted by atomic mass is 10.3. The van der Waals surface area contributed by atoms with Crippen LogP contribution < -0.4 is 0 Å². The van der Waals surface area contributed by atoms with Crippen LogP contribution in [0.15, 0.2) is 4.47 Å². The van der Waals surface area contributed by atoms with Crippen molar-refractivity contribution in [2.75, 3.05) is 24.6 Å². The molecule has 1 aromatic heterocycles. The van der Waals surface area contributed by atoms with Gasteiger partial charge in [0.1, 0.15) is 0 Å². The topological polar surface area (TPSA) is 21.1 Å². The summed E-state index contributed by atoms with van der Waals surface area (Å²) in [5.74, 6) is 2.57. The average molecular weight is 304 g/mol. The van der Waals surface area contributed by atoms with E-state index >= 15 is 0 Å². The molecule has 0 radical (unpaired) electrons. The molecule has 1 saturated heterocycles. The minimum absolute atomic E-state index is 1.01. The predicted molar refractivity (Wildman–Crippen MR) is 72.9 cm³/mol. The lowest BCUT2D eigenvalue weighted by molar-refractivity contribution is 0.279. The van der Waals surface area contributed by atoms with Crippen molar-refractivity contribution < 1.29 is 0 Å². The van der Waals surface area contributed by atoms with E-state index < -0.39 is 0 Å². The van der Waals surface area contributed by atoms with Crippen molar-refractivity contribution in [3.8, 4) is 0 Å². The van der Waals surface area contributed by atoms with E-state index in [-0.39, 0.29) is 0 Å². The van der Waals surface area contributed by atoms with Crippen molar-refractivity contribution in [2.24, 2.45) is 7.05 Å². The molecule has 0 spiro atoms. The molecule has 1 aliphatic heterocycles. The molecule has 2 rings (SSSR count). The third-order valence-electron chi connectivity index (χ3n) is 2.95. The molecule has 2 heterocycles. The van der Waals surface area contributed by atoms with Crippen LogP contribution in [0.2, 0.25) is 0 Å². The quantitative estimate of drug-likeness (QED) is 0.837. The molecule has 1 fully saturated rings. The summed E-state index contributed by atoms with van der Waals surface area (Å²) in [6.45, 7) is 5.47. The highest BCUT2D eigenvalue weighted by Gasteiger charge is 2.15. The van der Waals surface area contributed by atoms with Crippen LogP contribution in [0.3, 0.4) is 0 Å². The molecule has 0 atom stereocenters. The smallest absolute Gasteiger partial charge is 0.0739 e. The molecule has 0 N–H and O–H groups in total. The summed E-state index contributed by atoms with van der Waals surface area (Å²) in [6, 6.07) is 0. The summed E-state index contributed by atoms with van der Waals surface area (Å²) < 4.78 is 3.17. The molecule has 5 heteroatoms. The van der Waals surface area contributed by atoms with E-state index in [4.69, 9.17) is 0 Å². The molecule has 16 heavy (non-hydrogen) atoms. The summed E-state index contributed by atoms with van der Waals surface area (Å²) in [4.78, 5) is 2.53. The van der Waals surface area contributed by atoms with Gasteiger partial charge < -0.3 is 0 Å². The Morgan fingerprint density at radius 3 is 2.88 bits per heavy atom. The van der Waals surface area contributed by atoms with Crippen LogP contribution in [0.25, 0.3) is 0 Å². The monoisotopic (exact) mass is 303 g/mol. The number of hydrogen-bond acceptors (Lipinski definition) is 3. The molecule has 0 saturated carbocycles. The third kappa shape index (κ3) is 2.81. The van der Waals surface area contributed by atoms with Crippen LogP contribution in [-0.4, -0.2) is 39.3 Å². The second-order valence-electron chi connectivity index (χ2n) is 4.21. The van der Waals surface area contributed by atoms with Gasteiger partial charge in [0.05, 0.1) is 15.9 Å². The van der Waals surface area contributed by atoms with Gasteiger partial charge in [-0.1, -0.05) is 0 Å². The lowest BCUT2D eigenvalue weighted by Gasteiger charge is -2.19. The van der Waals surface area contributed by atoms with Crippen molar-refractivity contribution in [3.05, 3.63) is 15.9 Å². The number of aromatic nitrogens is 2. The van der Waals surface area contributed by atoms with Crippen LogP contribution >= 0.6 is 27.7 Å². The highest BCUT2D eigenvalue weighted by Crippen LogP contribution is 2.22. The summed E-state index contributed by atoms with van der Waals surface area (Å²) in [6.07, 6.45) is 1.30. The van der Waals surface area contributed by atoms with Gasteiger partial charge in [-0.3, -0.25) is 9.58 Å². The second kappa shape index (κ2) is 5.56. The molecule has 1 aromatic rings. The zero-order valence-electron chi connectivity index (χ0n) is 9.87. The number of nitrogens with zero attached hydrogens (tertiary/aromatic N) is 3. The molecule has 0 aliphatic carbocycles. The maximum absolute atomic E-state index is 4.44. The van der Waals surface area contributed by atoms with Crippen molar-refractivity contribution in [1.29, 1.82) is 0 Å². The molecule has 3 nitrogen and oxygen atoms in total. The van der Waals surface area contributed by atoms with Gasteiger partial charge in [0, 0.05) is 25.9 Å². The molecule has 0 amide bonds. The van der Waals surface area contributed by atoms with Gasteiger partial charge in [0.2, 0.25) is 0 Å². The van der Waals surface area contributed by atoms with E-state index in [9.17, 15) is 0 Å². The fourth-order valence-corrected chi connectivity index (χ4v) is 3.41. The highest BCUT2D eigenvalue weighted by molar-refractivity contribution is 9.10. The average Bonchev–Trinajstić information content (AvgIpc) is 2.51. The lowest BCUT2D eigenvalue weighted by Crippen LogP contribution is -2.26. The standard InChI is InChI=1S/C11H18BrN3S/c1-9-11(12)10(14(2)13-9)8-15-4-3-6-16-7-5-15/h3-8H2,1-2H3. The molecule has 90 valence electrons. The third-order valence-corrected chi connectivity index (χ3v) is 5.03. The largest absolute Gasteiger partial charge is 0.297 e. The van der Waals surface area contributed by atoms with Gasteiger partial charge in [-0.25, -0.2) is 0 Å². The summed E-state index contributed by atoms with van der Waals surface area (Å²) in [5.41, 5.74) is 2.38. The van der Waals surface area contributed by atoms with Crippen LogP contribution in [-0.2, 0) is 13.6 Å². The maximum Gasteiger partial charge on any atom is 0.0739 e. The van der Waals surface area contributed by atoms with Gasteiger partial charge in [-0.2, -0.15) is 16.9 Å². The summed E-state index contributed by atoms with van der Waals surface area (Å²) >= 11 is 5.70. The van der Waals surface area contributed by atoms with E-state index in [0.29, 0.717) is 0 Å². The summed E-state index contributed by atoms with van der Waals surface area (Å²) in [7, 11) is 2.03. The van der Waals surface area contributed by atoms with Gasteiger partial charge in [0.15, 0.2) is 0 Å². The summed E-state index contributed by atoms with van der Waals surface area (Å²) in [5, 5.41) is 4.44. The fraction of sp³-hybridized carbons (Fsp3) is 0.727. The van der Waals surface area contributed by atoms with Gasteiger partial charge in [-0.05, 0) is 41.6 Å². The van der Waals surface area contributed by atoms with E-state index in [1.807, 2.05) is 18.7 Å². The Balaban J connectivity index is 2.07. The van der Waals surface area contributed by atoms with Crippen LogP contribution in [0.5, 0.6) is 0 Å². The van der Waals surface area contributed by atoms with Gasteiger partial charge in [-0.15, -0.1) is 0 Å². The predicted octanol–water partition coefficient (Wildman–Crippen LogP) is 2.43. The Kier molecular flexibility index (Phi) is 4.33. The molecule has 0 aromatic carbocycles. The Morgan fingerprint density at radius 2 is 2.19 bits per heavy atom. The van der Waals surface area contributed by atoms with Crippen molar-refractivity contribution >= 4 is 27.7 Å². The first-order valence-electron chi connectivity index (χ1n) is 5.66. The van der Waals surface area contributed by atoms with Crippen LogP contribution in [0.1, 0.15) is 17.8 Å². The Morgan fingerprint density at radius 1 is 1.38 bits per heavy atom. The van der Waals surface area contributed by atoms with Crippen molar-refractivity contribution in [2.45, 2.75) is 19.9 Å². The van der Waals surface area contributed by atoms with Gasteiger partial charge >= 0.3 is 0 Å². The number of hydrogen-bond donors (Lipinski definition) is 0. The van der Waals surface area contributed by atoms with Crippen LogP contribution in [0.4, 0.5) is 0 Å². The number of aryl methyl sites for hydroxylation is 2. The number of rotatable bonds is 2. The second-order valence-corrected chi connectivity index (χ2v) is 6.23. The Bertz CT molecular complexity index is 356. The Labute approximate surface area is 110 Å². The molecular formula is C11H18BrN3S. The zero-order chi connectivity index (χ0) is 11.5. The highest BCUT2D eigenvalue weighted by atomic mass is 79.9. The number of halogens is 1. The normalized spacial score (nSPS) is 18.7. The van der Waals surface area contributed by atoms with E-state index in [1.165, 1.54) is 41.2 Å². The van der Waals surface area contributed by atoms with E-state index in [2.05, 4.69) is 37.7 Å². The van der Waals surface area contributed by atoms with E-state index in [0.717, 1.165) is 12.2 Å². The first-order chi connectivity index (χ1) is 7.68. The van der Waals surface area contributed by atoms with E-state index in [1.54, 1.807) is 0 Å². The number of thioether (sulfide) groups is 1. The first kappa shape index (κ1) is 12.5. The SMILES string of the molecule is Cc1nn(C)c(CN2CCCSCC2)c1Br. The fourth-order valence-electron chi connectivity index (χ4n) is 2.02.